The van der Waals surface area contributed by atoms with E-state index in [2.05, 4.69) is 10.3 Å². The fraction of sp³-hybridized carbons (Fsp3) is 0.333. The summed E-state index contributed by atoms with van der Waals surface area (Å²) in [7, 11) is 1.60. The molecule has 21 heavy (non-hydrogen) atoms. The zero-order valence-corrected chi connectivity index (χ0v) is 12.6. The third kappa shape index (κ3) is 4.49. The number of aryl methyl sites for hydroxylation is 1. The number of carbonyl (C=O) groups is 1. The van der Waals surface area contributed by atoms with Gasteiger partial charge in [-0.15, -0.1) is 11.6 Å². The number of aromatic nitrogens is 2. The van der Waals surface area contributed by atoms with Gasteiger partial charge in [-0.3, -0.25) is 4.79 Å². The lowest BCUT2D eigenvalue weighted by molar-refractivity contribution is -0.120. The molecule has 0 spiro atoms. The van der Waals surface area contributed by atoms with E-state index in [0.29, 0.717) is 6.54 Å². The van der Waals surface area contributed by atoms with Gasteiger partial charge in [0.05, 0.1) is 13.4 Å². The predicted octanol–water partition coefficient (Wildman–Crippen LogP) is 2.38. The van der Waals surface area contributed by atoms with Crippen molar-refractivity contribution >= 4 is 17.5 Å². The summed E-state index contributed by atoms with van der Waals surface area (Å²) in [6, 6.07) is 7.16. The molecule has 0 radical (unpaired) electrons. The minimum atomic E-state index is -0.691. The molecule has 0 saturated carbocycles. The van der Waals surface area contributed by atoms with Gasteiger partial charge < -0.3 is 14.6 Å². The van der Waals surface area contributed by atoms with Crippen LogP contribution >= 0.6 is 11.6 Å². The zero-order valence-electron chi connectivity index (χ0n) is 11.8. The lowest BCUT2D eigenvalue weighted by Gasteiger charge is -2.11. The lowest BCUT2D eigenvalue weighted by atomic mass is 10.1. The first-order valence-corrected chi connectivity index (χ1v) is 7.16. The van der Waals surface area contributed by atoms with Crippen molar-refractivity contribution in [3.63, 3.8) is 0 Å². The Labute approximate surface area is 128 Å². The highest BCUT2D eigenvalue weighted by Crippen LogP contribution is 2.22. The van der Waals surface area contributed by atoms with E-state index in [9.17, 15) is 4.79 Å². The van der Waals surface area contributed by atoms with Crippen molar-refractivity contribution in [1.82, 2.24) is 14.9 Å². The Balaban J connectivity index is 1.76. The molecule has 1 aromatic heterocycles. The Morgan fingerprint density at radius 2 is 2.19 bits per heavy atom. The standard InChI is InChI=1S/C15H18ClN3O2/c1-21-13-5-3-12(4-6-13)14(16)15(20)18-7-2-9-19-10-8-17-11-19/h3-6,8,10-11,14H,2,7,9H2,1H3,(H,18,20). The monoisotopic (exact) mass is 307 g/mol. The summed E-state index contributed by atoms with van der Waals surface area (Å²) in [5.41, 5.74) is 0.754. The number of imidazole rings is 1. The van der Waals surface area contributed by atoms with E-state index in [-0.39, 0.29) is 5.91 Å². The van der Waals surface area contributed by atoms with Crippen LogP contribution < -0.4 is 10.1 Å². The minimum absolute atomic E-state index is 0.188. The molecule has 2 aromatic rings. The quantitative estimate of drug-likeness (QED) is 0.631. The van der Waals surface area contributed by atoms with Crippen molar-refractivity contribution in [3.8, 4) is 5.75 Å². The normalized spacial score (nSPS) is 11.9. The number of carbonyl (C=O) groups excluding carboxylic acids is 1. The van der Waals surface area contributed by atoms with Crippen LogP contribution in [0.2, 0.25) is 0 Å². The number of alkyl halides is 1. The molecular formula is C15H18ClN3O2. The highest BCUT2D eigenvalue weighted by molar-refractivity contribution is 6.30. The van der Waals surface area contributed by atoms with Gasteiger partial charge in [0, 0.05) is 25.5 Å². The van der Waals surface area contributed by atoms with Gasteiger partial charge in [0.15, 0.2) is 0 Å². The Kier molecular flexibility index (Phi) is 5.63. The lowest BCUT2D eigenvalue weighted by Crippen LogP contribution is -2.28. The first kappa shape index (κ1) is 15.4. The fourth-order valence-corrected chi connectivity index (χ4v) is 2.13. The Hall–Kier alpha value is -2.01. The molecule has 0 fully saturated rings. The van der Waals surface area contributed by atoms with Crippen LogP contribution in [-0.2, 0) is 11.3 Å². The SMILES string of the molecule is COc1ccc(C(Cl)C(=O)NCCCn2ccnc2)cc1. The summed E-state index contributed by atoms with van der Waals surface area (Å²) in [5, 5.41) is 2.15. The summed E-state index contributed by atoms with van der Waals surface area (Å²) in [6.07, 6.45) is 6.21. The molecule has 1 atom stereocenters. The molecule has 0 aliphatic heterocycles. The van der Waals surface area contributed by atoms with Crippen molar-refractivity contribution < 1.29 is 9.53 Å². The van der Waals surface area contributed by atoms with Crippen LogP contribution in [0.3, 0.4) is 0 Å². The molecule has 5 nitrogen and oxygen atoms in total. The molecule has 1 amide bonds. The maximum Gasteiger partial charge on any atom is 0.242 e. The van der Waals surface area contributed by atoms with Gasteiger partial charge in [-0.1, -0.05) is 12.1 Å². The Bertz CT molecular complexity index is 555. The minimum Gasteiger partial charge on any atom is -0.497 e. The number of amides is 1. The first-order chi connectivity index (χ1) is 10.2. The molecule has 0 aliphatic rings. The van der Waals surface area contributed by atoms with E-state index in [1.54, 1.807) is 43.9 Å². The average molecular weight is 308 g/mol. The molecule has 2 rings (SSSR count). The largest absolute Gasteiger partial charge is 0.497 e. The number of nitrogens with one attached hydrogen (secondary N) is 1. The molecule has 1 aromatic carbocycles. The third-order valence-corrected chi connectivity index (χ3v) is 3.54. The van der Waals surface area contributed by atoms with Gasteiger partial charge in [0.2, 0.25) is 5.91 Å². The fourth-order valence-electron chi connectivity index (χ4n) is 1.91. The van der Waals surface area contributed by atoms with Gasteiger partial charge >= 0.3 is 0 Å². The van der Waals surface area contributed by atoms with E-state index >= 15 is 0 Å². The molecule has 1 N–H and O–H groups in total. The summed E-state index contributed by atoms with van der Waals surface area (Å²) in [5.74, 6) is 0.552. The van der Waals surface area contributed by atoms with Crippen molar-refractivity contribution in [2.45, 2.75) is 18.3 Å². The highest BCUT2D eigenvalue weighted by Gasteiger charge is 2.16. The molecule has 112 valence electrons. The number of hydrogen-bond acceptors (Lipinski definition) is 3. The predicted molar refractivity (Wildman–Crippen MR) is 81.4 cm³/mol. The number of benzene rings is 1. The van der Waals surface area contributed by atoms with E-state index in [1.807, 2.05) is 10.8 Å². The molecular weight excluding hydrogens is 290 g/mol. The molecule has 0 aliphatic carbocycles. The van der Waals surface area contributed by atoms with E-state index in [4.69, 9.17) is 16.3 Å². The number of nitrogens with zero attached hydrogens (tertiary/aromatic N) is 2. The summed E-state index contributed by atoms with van der Waals surface area (Å²) in [4.78, 5) is 15.9. The second-order valence-electron chi connectivity index (χ2n) is 4.58. The molecule has 1 heterocycles. The van der Waals surface area contributed by atoms with Crippen molar-refractivity contribution in [2.75, 3.05) is 13.7 Å². The smallest absolute Gasteiger partial charge is 0.242 e. The van der Waals surface area contributed by atoms with Crippen LogP contribution in [0.5, 0.6) is 5.75 Å². The summed E-state index contributed by atoms with van der Waals surface area (Å²) >= 11 is 6.16. The maximum absolute atomic E-state index is 12.0. The van der Waals surface area contributed by atoms with Gasteiger partial charge in [0.1, 0.15) is 11.1 Å². The van der Waals surface area contributed by atoms with Crippen LogP contribution in [0, 0.1) is 0 Å². The van der Waals surface area contributed by atoms with Gasteiger partial charge in [-0.25, -0.2) is 4.98 Å². The van der Waals surface area contributed by atoms with Crippen molar-refractivity contribution in [1.29, 1.82) is 0 Å². The third-order valence-electron chi connectivity index (χ3n) is 3.09. The number of hydrogen-bond donors (Lipinski definition) is 1. The molecule has 6 heteroatoms. The van der Waals surface area contributed by atoms with E-state index < -0.39 is 5.38 Å². The second-order valence-corrected chi connectivity index (χ2v) is 5.02. The number of ether oxygens (including phenoxy) is 1. The van der Waals surface area contributed by atoms with Crippen LogP contribution in [0.1, 0.15) is 17.4 Å². The van der Waals surface area contributed by atoms with Crippen molar-refractivity contribution in [2.24, 2.45) is 0 Å². The summed E-state index contributed by atoms with van der Waals surface area (Å²) < 4.78 is 7.04. The van der Waals surface area contributed by atoms with Crippen molar-refractivity contribution in [3.05, 3.63) is 48.5 Å². The molecule has 1 unspecified atom stereocenters. The zero-order chi connectivity index (χ0) is 15.1. The van der Waals surface area contributed by atoms with Crippen LogP contribution in [-0.4, -0.2) is 29.1 Å². The molecule has 0 bridgehead atoms. The van der Waals surface area contributed by atoms with E-state index in [0.717, 1.165) is 24.3 Å². The number of rotatable bonds is 7. The number of methoxy groups -OCH3 is 1. The molecule has 0 saturated heterocycles. The Morgan fingerprint density at radius 1 is 1.43 bits per heavy atom. The Morgan fingerprint density at radius 3 is 2.81 bits per heavy atom. The van der Waals surface area contributed by atoms with Crippen LogP contribution in [0.4, 0.5) is 0 Å². The van der Waals surface area contributed by atoms with Gasteiger partial charge in [0.25, 0.3) is 0 Å². The summed E-state index contributed by atoms with van der Waals surface area (Å²) in [6.45, 7) is 1.39. The highest BCUT2D eigenvalue weighted by atomic mass is 35.5. The maximum atomic E-state index is 12.0. The van der Waals surface area contributed by atoms with Gasteiger partial charge in [-0.05, 0) is 24.1 Å². The second kappa shape index (κ2) is 7.69. The number of halogens is 1. The van der Waals surface area contributed by atoms with Crippen LogP contribution in [0.25, 0.3) is 0 Å². The van der Waals surface area contributed by atoms with E-state index in [1.165, 1.54) is 0 Å². The topological polar surface area (TPSA) is 56.1 Å². The van der Waals surface area contributed by atoms with Gasteiger partial charge in [-0.2, -0.15) is 0 Å². The first-order valence-electron chi connectivity index (χ1n) is 6.72. The average Bonchev–Trinajstić information content (AvgIpc) is 3.04. The van der Waals surface area contributed by atoms with Crippen LogP contribution in [0.15, 0.2) is 43.0 Å².